The smallest absolute Gasteiger partial charge is 0.231 e. The zero-order chi connectivity index (χ0) is 22.3. The van der Waals surface area contributed by atoms with Crippen LogP contribution >= 0.6 is 23.4 Å². The Morgan fingerprint density at radius 2 is 1.72 bits per heavy atom. The van der Waals surface area contributed by atoms with E-state index < -0.39 is 0 Å². The highest BCUT2D eigenvalue weighted by Crippen LogP contribution is 2.25. The van der Waals surface area contributed by atoms with Gasteiger partial charge in [0.05, 0.1) is 24.6 Å². The summed E-state index contributed by atoms with van der Waals surface area (Å²) in [5.41, 5.74) is 2.71. The van der Waals surface area contributed by atoms with E-state index in [9.17, 15) is 4.79 Å². The maximum absolute atomic E-state index is 12.8. The maximum Gasteiger partial charge on any atom is 0.231 e. The molecule has 0 aliphatic carbocycles. The molecule has 1 unspecified atom stereocenters. The Labute approximate surface area is 194 Å². The molecule has 4 rings (SSSR count). The quantitative estimate of drug-likeness (QED) is 0.390. The molecule has 0 aliphatic rings. The minimum absolute atomic E-state index is 0.136. The lowest BCUT2D eigenvalue weighted by molar-refractivity contribution is -0.119. The van der Waals surface area contributed by atoms with E-state index in [-0.39, 0.29) is 17.7 Å². The molecule has 162 valence electrons. The highest BCUT2D eigenvalue weighted by atomic mass is 35.5. The molecule has 1 N–H and O–H groups in total. The van der Waals surface area contributed by atoms with Crippen molar-refractivity contribution in [1.29, 1.82) is 0 Å². The average molecular weight is 466 g/mol. The highest BCUT2D eigenvalue weighted by molar-refractivity contribution is 7.99. The van der Waals surface area contributed by atoms with Gasteiger partial charge in [0.25, 0.3) is 0 Å². The first kappa shape index (κ1) is 21.9. The van der Waals surface area contributed by atoms with Crippen LogP contribution in [0.25, 0.3) is 5.69 Å². The van der Waals surface area contributed by atoms with Gasteiger partial charge in [-0.3, -0.25) is 4.79 Å². The summed E-state index contributed by atoms with van der Waals surface area (Å²) in [6, 6.07) is 24.3. The second-order valence-corrected chi connectivity index (χ2v) is 8.20. The molecule has 1 aromatic heterocycles. The largest absolute Gasteiger partial charge is 0.497 e. The summed E-state index contributed by atoms with van der Waals surface area (Å²) in [7, 11) is 1.61. The van der Waals surface area contributed by atoms with Crippen LogP contribution < -0.4 is 10.1 Å². The number of hydrogen-bond acceptors (Lipinski definition) is 6. The number of nitrogens with zero attached hydrogens (tertiary/aromatic N) is 4. The number of tetrazole rings is 1. The summed E-state index contributed by atoms with van der Waals surface area (Å²) in [4.78, 5) is 12.8. The molecular formula is C23H20ClN5O2S. The van der Waals surface area contributed by atoms with Gasteiger partial charge in [-0.2, -0.15) is 4.68 Å². The molecule has 0 spiro atoms. The number of carbonyl (C=O) groups excluding carboxylic acids is 1. The molecule has 7 nitrogen and oxygen atoms in total. The van der Waals surface area contributed by atoms with Crippen LogP contribution in [0.4, 0.5) is 0 Å². The van der Waals surface area contributed by atoms with Gasteiger partial charge in [0.1, 0.15) is 5.75 Å². The number of methoxy groups -OCH3 is 1. The van der Waals surface area contributed by atoms with Crippen molar-refractivity contribution >= 4 is 29.3 Å². The summed E-state index contributed by atoms with van der Waals surface area (Å²) in [5, 5.41) is 16.1. The number of amides is 1. The number of nitrogens with one attached hydrogen (secondary N) is 1. The second kappa shape index (κ2) is 10.3. The van der Waals surface area contributed by atoms with Gasteiger partial charge in [-0.25, -0.2) is 0 Å². The molecule has 0 saturated heterocycles. The Morgan fingerprint density at radius 3 is 2.41 bits per heavy atom. The van der Waals surface area contributed by atoms with Crippen molar-refractivity contribution in [2.75, 3.05) is 12.9 Å². The van der Waals surface area contributed by atoms with Crippen LogP contribution in [0.1, 0.15) is 17.2 Å². The third kappa shape index (κ3) is 5.27. The number of hydrogen-bond donors (Lipinski definition) is 1. The van der Waals surface area contributed by atoms with Gasteiger partial charge in [0, 0.05) is 5.02 Å². The van der Waals surface area contributed by atoms with E-state index in [1.54, 1.807) is 11.8 Å². The van der Waals surface area contributed by atoms with E-state index in [0.29, 0.717) is 10.2 Å². The molecule has 1 amide bonds. The van der Waals surface area contributed by atoms with E-state index in [1.165, 1.54) is 11.8 Å². The van der Waals surface area contributed by atoms with Gasteiger partial charge in [0.15, 0.2) is 0 Å². The number of halogens is 1. The fraction of sp³-hybridized carbons (Fsp3) is 0.130. The molecular weight excluding hydrogens is 446 g/mol. The van der Waals surface area contributed by atoms with E-state index in [1.807, 2.05) is 78.9 Å². The number of rotatable bonds is 8. The van der Waals surface area contributed by atoms with Crippen molar-refractivity contribution in [3.05, 3.63) is 95.0 Å². The normalized spacial score (nSPS) is 11.7. The summed E-state index contributed by atoms with van der Waals surface area (Å²) in [6.45, 7) is 0. The van der Waals surface area contributed by atoms with Crippen LogP contribution in [0, 0.1) is 0 Å². The first-order valence-corrected chi connectivity index (χ1v) is 11.2. The minimum atomic E-state index is -0.292. The van der Waals surface area contributed by atoms with Crippen LogP contribution in [0.2, 0.25) is 5.02 Å². The van der Waals surface area contributed by atoms with Crippen molar-refractivity contribution in [1.82, 2.24) is 25.5 Å². The first-order chi connectivity index (χ1) is 15.6. The fourth-order valence-electron chi connectivity index (χ4n) is 3.15. The van der Waals surface area contributed by atoms with Gasteiger partial charge < -0.3 is 10.1 Å². The lowest BCUT2D eigenvalue weighted by Crippen LogP contribution is -2.30. The standard InChI is InChI=1S/C23H20ClN5O2S/c1-31-20-13-11-19(12-14-20)29-23(26-27-28-29)32-15-21(30)25-22(16-5-3-2-4-6-16)17-7-9-18(24)10-8-17/h2-14,22H,15H2,1H3,(H,25,30). The number of ether oxygens (including phenoxy) is 1. The topological polar surface area (TPSA) is 81.9 Å². The van der Waals surface area contributed by atoms with Gasteiger partial charge in [-0.15, -0.1) is 5.10 Å². The van der Waals surface area contributed by atoms with Crippen molar-refractivity contribution in [3.8, 4) is 11.4 Å². The van der Waals surface area contributed by atoms with Crippen LogP contribution in [-0.4, -0.2) is 39.0 Å². The summed E-state index contributed by atoms with van der Waals surface area (Å²) < 4.78 is 6.77. The summed E-state index contributed by atoms with van der Waals surface area (Å²) in [5.74, 6) is 0.764. The predicted molar refractivity (Wildman–Crippen MR) is 124 cm³/mol. The first-order valence-electron chi connectivity index (χ1n) is 9.79. The lowest BCUT2D eigenvalue weighted by atomic mass is 9.99. The molecule has 1 atom stereocenters. The molecule has 4 aromatic rings. The van der Waals surface area contributed by atoms with Crippen molar-refractivity contribution in [2.24, 2.45) is 0 Å². The minimum Gasteiger partial charge on any atom is -0.497 e. The molecule has 0 fully saturated rings. The molecule has 0 aliphatic heterocycles. The molecule has 3 aromatic carbocycles. The SMILES string of the molecule is COc1ccc(-n2nnnc2SCC(=O)NC(c2ccccc2)c2ccc(Cl)cc2)cc1. The van der Waals surface area contributed by atoms with Gasteiger partial charge in [-0.05, 0) is 58.0 Å². The average Bonchev–Trinajstić information content (AvgIpc) is 3.31. The highest BCUT2D eigenvalue weighted by Gasteiger charge is 2.18. The van der Waals surface area contributed by atoms with E-state index in [2.05, 4.69) is 20.8 Å². The molecule has 0 bridgehead atoms. The Bertz CT molecular complexity index is 1170. The third-order valence-electron chi connectivity index (χ3n) is 4.73. The predicted octanol–water partition coefficient (Wildman–Crippen LogP) is 4.32. The van der Waals surface area contributed by atoms with Crippen molar-refractivity contribution in [2.45, 2.75) is 11.2 Å². The lowest BCUT2D eigenvalue weighted by Gasteiger charge is -2.20. The zero-order valence-corrected chi connectivity index (χ0v) is 18.8. The number of carbonyl (C=O) groups is 1. The maximum atomic E-state index is 12.8. The molecule has 9 heteroatoms. The third-order valence-corrected chi connectivity index (χ3v) is 5.90. The number of benzene rings is 3. The molecule has 1 heterocycles. The van der Waals surface area contributed by atoms with Crippen LogP contribution in [0.3, 0.4) is 0 Å². The summed E-state index contributed by atoms with van der Waals surface area (Å²) >= 11 is 7.30. The Hall–Kier alpha value is -3.36. The number of aromatic nitrogens is 4. The second-order valence-electron chi connectivity index (χ2n) is 6.82. The molecule has 0 saturated carbocycles. The Morgan fingerprint density at radius 1 is 1.03 bits per heavy atom. The zero-order valence-electron chi connectivity index (χ0n) is 17.2. The van der Waals surface area contributed by atoms with Gasteiger partial charge in [0.2, 0.25) is 11.1 Å². The van der Waals surface area contributed by atoms with Gasteiger partial charge >= 0.3 is 0 Å². The van der Waals surface area contributed by atoms with Crippen LogP contribution in [0.5, 0.6) is 5.75 Å². The molecule has 32 heavy (non-hydrogen) atoms. The van der Waals surface area contributed by atoms with E-state index in [0.717, 1.165) is 22.6 Å². The van der Waals surface area contributed by atoms with Crippen molar-refractivity contribution < 1.29 is 9.53 Å². The van der Waals surface area contributed by atoms with Gasteiger partial charge in [-0.1, -0.05) is 65.8 Å². The monoisotopic (exact) mass is 465 g/mol. The van der Waals surface area contributed by atoms with E-state index >= 15 is 0 Å². The van der Waals surface area contributed by atoms with Crippen LogP contribution in [-0.2, 0) is 4.79 Å². The Kier molecular flexibility index (Phi) is 7.03. The summed E-state index contributed by atoms with van der Waals surface area (Å²) in [6.07, 6.45) is 0. The molecule has 0 radical (unpaired) electrons. The van der Waals surface area contributed by atoms with Crippen LogP contribution in [0.15, 0.2) is 84.0 Å². The fourth-order valence-corrected chi connectivity index (χ4v) is 3.97. The van der Waals surface area contributed by atoms with Crippen molar-refractivity contribution in [3.63, 3.8) is 0 Å². The number of thioether (sulfide) groups is 1. The van der Waals surface area contributed by atoms with E-state index in [4.69, 9.17) is 16.3 Å². The Balaban J connectivity index is 1.46.